The lowest BCUT2D eigenvalue weighted by atomic mass is 9.81. The maximum atomic E-state index is 13.0. The van der Waals surface area contributed by atoms with Crippen molar-refractivity contribution in [3.8, 4) is 5.75 Å². The summed E-state index contributed by atoms with van der Waals surface area (Å²) in [5.74, 6) is 0.783. The minimum absolute atomic E-state index is 0.0526. The summed E-state index contributed by atoms with van der Waals surface area (Å²) in [6, 6.07) is 5.59. The highest BCUT2D eigenvalue weighted by atomic mass is 16.5. The highest BCUT2D eigenvalue weighted by Crippen LogP contribution is 2.47. The number of ether oxygens (including phenoxy) is 1. The first-order valence-corrected chi connectivity index (χ1v) is 8.22. The second-order valence-corrected chi connectivity index (χ2v) is 7.68. The fourth-order valence-electron chi connectivity index (χ4n) is 3.64. The lowest BCUT2D eigenvalue weighted by Crippen LogP contribution is -2.49. The highest BCUT2D eigenvalue weighted by molar-refractivity contribution is 6.08. The highest BCUT2D eigenvalue weighted by Gasteiger charge is 2.54. The van der Waals surface area contributed by atoms with E-state index in [1.54, 1.807) is 24.0 Å². The molecule has 3 rings (SSSR count). The van der Waals surface area contributed by atoms with E-state index in [9.17, 15) is 9.59 Å². The predicted octanol–water partition coefficient (Wildman–Crippen LogP) is 2.12. The van der Waals surface area contributed by atoms with Crippen molar-refractivity contribution in [3.63, 3.8) is 0 Å². The van der Waals surface area contributed by atoms with Gasteiger partial charge >= 0.3 is 6.03 Å². The van der Waals surface area contributed by atoms with Crippen LogP contribution < -0.4 is 15.0 Å². The Bertz CT molecular complexity index is 695. The Morgan fingerprint density at radius 1 is 1.33 bits per heavy atom. The van der Waals surface area contributed by atoms with Crippen molar-refractivity contribution in [3.05, 3.63) is 23.8 Å². The van der Waals surface area contributed by atoms with Crippen LogP contribution >= 0.6 is 0 Å². The third-order valence-corrected chi connectivity index (χ3v) is 4.83. The number of rotatable bonds is 1. The van der Waals surface area contributed by atoms with E-state index < -0.39 is 5.41 Å². The van der Waals surface area contributed by atoms with Crippen molar-refractivity contribution >= 4 is 17.6 Å². The van der Waals surface area contributed by atoms with Crippen LogP contribution in [-0.2, 0) is 10.2 Å². The Kier molecular flexibility index (Phi) is 3.73. The van der Waals surface area contributed by atoms with E-state index in [1.807, 2.05) is 39.0 Å². The van der Waals surface area contributed by atoms with Crippen LogP contribution in [0.1, 0.15) is 32.8 Å². The molecule has 0 saturated carbocycles. The van der Waals surface area contributed by atoms with Gasteiger partial charge < -0.3 is 19.9 Å². The number of amides is 3. The maximum Gasteiger partial charge on any atom is 0.317 e. The van der Waals surface area contributed by atoms with E-state index in [0.29, 0.717) is 19.5 Å². The van der Waals surface area contributed by atoms with Crippen molar-refractivity contribution < 1.29 is 14.3 Å². The van der Waals surface area contributed by atoms with Gasteiger partial charge in [-0.3, -0.25) is 4.79 Å². The lowest BCUT2D eigenvalue weighted by Gasteiger charge is -2.27. The molecule has 3 amide bonds. The minimum Gasteiger partial charge on any atom is -0.497 e. The van der Waals surface area contributed by atoms with Crippen molar-refractivity contribution in [2.24, 2.45) is 0 Å². The molecule has 6 nitrogen and oxygen atoms in total. The molecular weight excluding hydrogens is 306 g/mol. The van der Waals surface area contributed by atoms with Crippen LogP contribution in [0.3, 0.4) is 0 Å². The van der Waals surface area contributed by atoms with Gasteiger partial charge in [-0.2, -0.15) is 0 Å². The van der Waals surface area contributed by atoms with Crippen LogP contribution in [0.25, 0.3) is 0 Å². The van der Waals surface area contributed by atoms with Gasteiger partial charge in [-0.25, -0.2) is 4.79 Å². The zero-order valence-electron chi connectivity index (χ0n) is 15.0. The van der Waals surface area contributed by atoms with Gasteiger partial charge in [0.25, 0.3) is 0 Å². The van der Waals surface area contributed by atoms with Crippen LogP contribution in [-0.4, -0.2) is 49.6 Å². The molecule has 1 saturated heterocycles. The second kappa shape index (κ2) is 5.40. The number of carbonyl (C=O) groups is 2. The first-order valence-electron chi connectivity index (χ1n) is 8.22. The fourth-order valence-corrected chi connectivity index (χ4v) is 3.64. The van der Waals surface area contributed by atoms with Crippen LogP contribution in [0, 0.1) is 0 Å². The van der Waals surface area contributed by atoms with Crippen molar-refractivity contribution in [1.29, 1.82) is 0 Å². The summed E-state index contributed by atoms with van der Waals surface area (Å²) < 4.78 is 5.33. The maximum absolute atomic E-state index is 13.0. The average molecular weight is 331 g/mol. The molecule has 1 aromatic carbocycles. The van der Waals surface area contributed by atoms with Gasteiger partial charge in [-0.1, -0.05) is 0 Å². The molecule has 2 aliphatic heterocycles. The molecule has 2 heterocycles. The molecule has 1 spiro atoms. The molecule has 130 valence electrons. The number of hydrogen-bond donors (Lipinski definition) is 1. The van der Waals surface area contributed by atoms with Crippen molar-refractivity contribution in [1.82, 2.24) is 10.2 Å². The largest absolute Gasteiger partial charge is 0.497 e. The molecule has 0 aliphatic carbocycles. The number of methoxy groups -OCH3 is 1. The SMILES string of the molecule is COc1ccc2c(c1)[C@]1(CCN(C(=O)NC(C)(C)C)C1)C(=O)N2C. The van der Waals surface area contributed by atoms with Gasteiger partial charge in [-0.15, -0.1) is 0 Å². The number of carbonyl (C=O) groups excluding carboxylic acids is 2. The molecule has 1 fully saturated rings. The molecule has 0 radical (unpaired) electrons. The number of nitrogens with one attached hydrogen (secondary N) is 1. The van der Waals surface area contributed by atoms with E-state index in [1.165, 1.54) is 0 Å². The minimum atomic E-state index is -0.659. The number of hydrogen-bond acceptors (Lipinski definition) is 3. The molecule has 2 aliphatic rings. The van der Waals surface area contributed by atoms with Gasteiger partial charge in [0.2, 0.25) is 5.91 Å². The van der Waals surface area contributed by atoms with Gasteiger partial charge in [0.15, 0.2) is 0 Å². The number of fused-ring (bicyclic) bond motifs is 2. The molecule has 1 atom stereocenters. The molecule has 0 unspecified atom stereocenters. The number of nitrogens with zero attached hydrogens (tertiary/aromatic N) is 2. The molecule has 1 aromatic rings. The fraction of sp³-hybridized carbons (Fsp3) is 0.556. The summed E-state index contributed by atoms with van der Waals surface area (Å²) in [5.41, 5.74) is 0.900. The quantitative estimate of drug-likeness (QED) is 0.857. The smallest absolute Gasteiger partial charge is 0.317 e. The Morgan fingerprint density at radius 2 is 2.04 bits per heavy atom. The third kappa shape index (κ3) is 2.50. The molecule has 1 N–H and O–H groups in total. The number of urea groups is 1. The van der Waals surface area contributed by atoms with E-state index >= 15 is 0 Å². The van der Waals surface area contributed by atoms with E-state index in [4.69, 9.17) is 4.74 Å². The van der Waals surface area contributed by atoms with Crippen LogP contribution in [0.15, 0.2) is 18.2 Å². The van der Waals surface area contributed by atoms with E-state index in [2.05, 4.69) is 5.32 Å². The molecule has 24 heavy (non-hydrogen) atoms. The summed E-state index contributed by atoms with van der Waals surface area (Å²) in [7, 11) is 3.41. The van der Waals surface area contributed by atoms with Crippen LogP contribution in [0.5, 0.6) is 5.75 Å². The monoisotopic (exact) mass is 331 g/mol. The van der Waals surface area contributed by atoms with E-state index in [-0.39, 0.29) is 17.5 Å². The van der Waals surface area contributed by atoms with E-state index in [0.717, 1.165) is 17.0 Å². The number of likely N-dealkylation sites (N-methyl/N-ethyl adjacent to an activating group) is 1. The molecule has 6 heteroatoms. The topological polar surface area (TPSA) is 61.9 Å². The van der Waals surface area contributed by atoms with Crippen LogP contribution in [0.2, 0.25) is 0 Å². The molecule has 0 aromatic heterocycles. The Labute approximate surface area is 142 Å². The third-order valence-electron chi connectivity index (χ3n) is 4.83. The second-order valence-electron chi connectivity index (χ2n) is 7.68. The van der Waals surface area contributed by atoms with Gasteiger partial charge in [0.1, 0.15) is 5.75 Å². The number of likely N-dealkylation sites (tertiary alicyclic amines) is 1. The normalized spacial score (nSPS) is 23.0. The zero-order valence-corrected chi connectivity index (χ0v) is 15.0. The summed E-state index contributed by atoms with van der Waals surface area (Å²) in [6.45, 7) is 6.82. The average Bonchev–Trinajstić information content (AvgIpc) is 3.04. The lowest BCUT2D eigenvalue weighted by molar-refractivity contribution is -0.122. The number of anilines is 1. The van der Waals surface area contributed by atoms with Crippen LogP contribution in [0.4, 0.5) is 10.5 Å². The Hall–Kier alpha value is -2.24. The first-order chi connectivity index (χ1) is 11.2. The summed E-state index contributed by atoms with van der Waals surface area (Å²) in [6.07, 6.45) is 0.633. The summed E-state index contributed by atoms with van der Waals surface area (Å²) in [5, 5.41) is 2.98. The van der Waals surface area contributed by atoms with Gasteiger partial charge in [0, 0.05) is 31.4 Å². The predicted molar refractivity (Wildman–Crippen MR) is 92.6 cm³/mol. The number of benzene rings is 1. The van der Waals surface area contributed by atoms with Gasteiger partial charge in [-0.05, 0) is 51.0 Å². The van der Waals surface area contributed by atoms with Crippen molar-refractivity contribution in [2.75, 3.05) is 32.1 Å². The zero-order chi connectivity index (χ0) is 17.7. The Morgan fingerprint density at radius 3 is 2.67 bits per heavy atom. The molecular formula is C18H25N3O3. The Balaban J connectivity index is 1.92. The van der Waals surface area contributed by atoms with Crippen molar-refractivity contribution in [2.45, 2.75) is 38.1 Å². The summed E-state index contributed by atoms with van der Waals surface area (Å²) >= 11 is 0. The van der Waals surface area contributed by atoms with Gasteiger partial charge in [0.05, 0.1) is 12.5 Å². The first kappa shape index (κ1) is 16.6. The summed E-state index contributed by atoms with van der Waals surface area (Å²) in [4.78, 5) is 28.9. The standard InChI is InChI=1S/C18H25N3O3/c1-17(2,3)19-16(23)21-9-8-18(11-21)13-10-12(24-5)6-7-14(13)20(4)15(18)22/h6-7,10H,8-9,11H2,1-5H3,(H,19,23)/t18-/m1/s1. The molecule has 0 bridgehead atoms.